The van der Waals surface area contributed by atoms with E-state index in [0.717, 1.165) is 30.3 Å². The summed E-state index contributed by atoms with van der Waals surface area (Å²) in [5.74, 6) is -4.03. The Kier molecular flexibility index (Phi) is 6.79. The number of sulfonamides is 1. The van der Waals surface area contributed by atoms with Gasteiger partial charge in [-0.15, -0.1) is 0 Å². The van der Waals surface area contributed by atoms with Gasteiger partial charge in [-0.25, -0.2) is 21.6 Å². The predicted octanol–water partition coefficient (Wildman–Crippen LogP) is 3.27. The molecule has 2 amide bonds. The molecule has 0 saturated carbocycles. The highest BCUT2D eigenvalue weighted by atomic mass is 32.2. The molecule has 0 heterocycles. The van der Waals surface area contributed by atoms with E-state index in [1.165, 1.54) is 36.4 Å². The summed E-state index contributed by atoms with van der Waals surface area (Å²) in [6.07, 6.45) is 0. The van der Waals surface area contributed by atoms with Crippen molar-refractivity contribution in [1.82, 2.24) is 5.32 Å². The molecule has 0 unspecified atom stereocenters. The zero-order chi connectivity index (χ0) is 23.3. The average Bonchev–Trinajstić information content (AvgIpc) is 2.76. The lowest BCUT2D eigenvalue weighted by atomic mass is 10.2. The van der Waals surface area contributed by atoms with Crippen LogP contribution < -0.4 is 15.4 Å². The zero-order valence-corrected chi connectivity index (χ0v) is 17.0. The van der Waals surface area contributed by atoms with Crippen LogP contribution in [0.25, 0.3) is 0 Å². The van der Waals surface area contributed by atoms with Gasteiger partial charge in [0.05, 0.1) is 11.4 Å². The molecule has 0 aliphatic rings. The monoisotopic (exact) mass is 463 g/mol. The highest BCUT2D eigenvalue weighted by Crippen LogP contribution is 2.17. The van der Waals surface area contributed by atoms with E-state index >= 15 is 0 Å². The average molecular weight is 463 g/mol. The minimum absolute atomic E-state index is 0.0198. The second kappa shape index (κ2) is 9.52. The van der Waals surface area contributed by atoms with E-state index in [2.05, 4.69) is 15.4 Å². The summed E-state index contributed by atoms with van der Waals surface area (Å²) in [5, 5.41) is 4.63. The molecule has 0 radical (unpaired) electrons. The molecule has 0 atom stereocenters. The molecule has 3 aromatic carbocycles. The van der Waals surface area contributed by atoms with E-state index in [0.29, 0.717) is 0 Å². The smallest absolute Gasteiger partial charge is 0.261 e. The van der Waals surface area contributed by atoms with Crippen molar-refractivity contribution in [2.24, 2.45) is 0 Å². The van der Waals surface area contributed by atoms with E-state index < -0.39 is 45.8 Å². The second-order valence-corrected chi connectivity index (χ2v) is 8.18. The number of amides is 2. The standard InChI is InChI=1S/C21H16F3N3O4S/c22-14-3-5-15(6-4-14)27-32(30,31)17-8-1-13(2-9-17)21(29)25-12-20(28)26-16-7-10-18(23)19(24)11-16/h1-11,27H,12H2,(H,25,29)(H,26,28). The Morgan fingerprint density at radius 1 is 0.781 bits per heavy atom. The van der Waals surface area contributed by atoms with Crippen molar-refractivity contribution in [3.63, 3.8) is 0 Å². The van der Waals surface area contributed by atoms with Gasteiger partial charge in [0.1, 0.15) is 5.82 Å². The third kappa shape index (κ3) is 5.85. The van der Waals surface area contributed by atoms with E-state index in [1.54, 1.807) is 0 Å². The summed E-state index contributed by atoms with van der Waals surface area (Å²) in [5.41, 5.74) is 0.276. The Labute approximate surface area is 181 Å². The maximum Gasteiger partial charge on any atom is 0.261 e. The number of benzene rings is 3. The Hall–Kier alpha value is -3.86. The topological polar surface area (TPSA) is 104 Å². The quantitative estimate of drug-likeness (QED) is 0.500. The van der Waals surface area contributed by atoms with Crippen LogP contribution >= 0.6 is 0 Å². The largest absolute Gasteiger partial charge is 0.343 e. The maximum atomic E-state index is 13.2. The van der Waals surface area contributed by atoms with Crippen LogP contribution in [0, 0.1) is 17.5 Å². The van der Waals surface area contributed by atoms with E-state index in [1.807, 2.05) is 0 Å². The van der Waals surface area contributed by atoms with Gasteiger partial charge >= 0.3 is 0 Å². The first-order valence-electron chi connectivity index (χ1n) is 9.05. The van der Waals surface area contributed by atoms with Crippen molar-refractivity contribution in [2.45, 2.75) is 4.90 Å². The van der Waals surface area contributed by atoms with Crippen molar-refractivity contribution in [1.29, 1.82) is 0 Å². The molecule has 7 nitrogen and oxygen atoms in total. The Bertz CT molecular complexity index is 1250. The molecule has 3 rings (SSSR count). The molecule has 166 valence electrons. The van der Waals surface area contributed by atoms with Crippen LogP contribution in [0.5, 0.6) is 0 Å². The van der Waals surface area contributed by atoms with Gasteiger partial charge in [0, 0.05) is 23.0 Å². The Balaban J connectivity index is 1.57. The third-order valence-electron chi connectivity index (χ3n) is 4.14. The van der Waals surface area contributed by atoms with Gasteiger partial charge in [-0.2, -0.15) is 0 Å². The first kappa shape index (κ1) is 22.8. The lowest BCUT2D eigenvalue weighted by Crippen LogP contribution is -2.32. The summed E-state index contributed by atoms with van der Waals surface area (Å²) in [4.78, 5) is 23.9. The highest BCUT2D eigenvalue weighted by Gasteiger charge is 2.16. The van der Waals surface area contributed by atoms with Crippen molar-refractivity contribution < 1.29 is 31.2 Å². The first-order valence-corrected chi connectivity index (χ1v) is 10.5. The first-order chi connectivity index (χ1) is 15.1. The molecule has 0 spiro atoms. The fourth-order valence-corrected chi connectivity index (χ4v) is 3.62. The summed E-state index contributed by atoms with van der Waals surface area (Å²) < 4.78 is 66.1. The number of anilines is 2. The number of hydrogen-bond donors (Lipinski definition) is 3. The molecule has 0 aliphatic carbocycles. The Morgan fingerprint density at radius 3 is 2.03 bits per heavy atom. The van der Waals surface area contributed by atoms with Gasteiger partial charge in [0.2, 0.25) is 5.91 Å². The van der Waals surface area contributed by atoms with Crippen LogP contribution in [0.2, 0.25) is 0 Å². The number of nitrogens with one attached hydrogen (secondary N) is 3. The summed E-state index contributed by atoms with van der Waals surface area (Å²) >= 11 is 0. The fourth-order valence-electron chi connectivity index (χ4n) is 2.56. The van der Waals surface area contributed by atoms with Gasteiger partial charge in [-0.1, -0.05) is 0 Å². The van der Waals surface area contributed by atoms with Gasteiger partial charge in [0.25, 0.3) is 15.9 Å². The SMILES string of the molecule is O=C(CNC(=O)c1ccc(S(=O)(=O)Nc2ccc(F)cc2)cc1)Nc1ccc(F)c(F)c1. The van der Waals surface area contributed by atoms with Crippen LogP contribution in [0.1, 0.15) is 10.4 Å². The minimum atomic E-state index is -3.96. The van der Waals surface area contributed by atoms with Crippen molar-refractivity contribution in [2.75, 3.05) is 16.6 Å². The summed E-state index contributed by atoms with van der Waals surface area (Å²) in [6, 6.07) is 12.4. The van der Waals surface area contributed by atoms with Crippen LogP contribution in [-0.2, 0) is 14.8 Å². The lowest BCUT2D eigenvalue weighted by molar-refractivity contribution is -0.115. The van der Waals surface area contributed by atoms with Crippen LogP contribution in [0.15, 0.2) is 71.6 Å². The molecular weight excluding hydrogens is 447 g/mol. The number of halogens is 3. The van der Waals surface area contributed by atoms with Gasteiger partial charge < -0.3 is 10.6 Å². The zero-order valence-electron chi connectivity index (χ0n) is 16.2. The maximum absolute atomic E-state index is 13.2. The normalized spacial score (nSPS) is 11.0. The number of carbonyl (C=O) groups is 2. The summed E-state index contributed by atoms with van der Waals surface area (Å²) in [6.45, 7) is -0.454. The van der Waals surface area contributed by atoms with Crippen molar-refractivity contribution in [3.8, 4) is 0 Å². The lowest BCUT2D eigenvalue weighted by Gasteiger charge is -2.10. The molecule has 0 aromatic heterocycles. The molecule has 0 fully saturated rings. The van der Waals surface area contributed by atoms with Crippen LogP contribution in [0.3, 0.4) is 0 Å². The molecule has 32 heavy (non-hydrogen) atoms. The predicted molar refractivity (Wildman–Crippen MR) is 111 cm³/mol. The van der Waals surface area contributed by atoms with Gasteiger partial charge in [-0.05, 0) is 60.7 Å². The number of rotatable bonds is 7. The minimum Gasteiger partial charge on any atom is -0.343 e. The van der Waals surface area contributed by atoms with Crippen molar-refractivity contribution >= 4 is 33.2 Å². The van der Waals surface area contributed by atoms with E-state index in [4.69, 9.17) is 0 Å². The molecule has 3 aromatic rings. The van der Waals surface area contributed by atoms with E-state index in [9.17, 15) is 31.2 Å². The fraction of sp³-hybridized carbons (Fsp3) is 0.0476. The third-order valence-corrected chi connectivity index (χ3v) is 5.53. The van der Waals surface area contributed by atoms with Crippen molar-refractivity contribution in [3.05, 3.63) is 89.7 Å². The second-order valence-electron chi connectivity index (χ2n) is 6.50. The summed E-state index contributed by atoms with van der Waals surface area (Å²) in [7, 11) is -3.96. The molecule has 0 bridgehead atoms. The Morgan fingerprint density at radius 2 is 1.41 bits per heavy atom. The molecule has 11 heteroatoms. The number of carbonyl (C=O) groups excluding carboxylic acids is 2. The molecule has 0 aliphatic heterocycles. The van der Waals surface area contributed by atoms with E-state index in [-0.39, 0.29) is 21.8 Å². The van der Waals surface area contributed by atoms with Crippen LogP contribution in [0.4, 0.5) is 24.5 Å². The number of hydrogen-bond acceptors (Lipinski definition) is 4. The molecular formula is C21H16F3N3O4S. The highest BCUT2D eigenvalue weighted by molar-refractivity contribution is 7.92. The van der Waals surface area contributed by atoms with Gasteiger partial charge in [0.15, 0.2) is 11.6 Å². The molecule has 0 saturated heterocycles. The molecule has 3 N–H and O–H groups in total. The van der Waals surface area contributed by atoms with Gasteiger partial charge in [-0.3, -0.25) is 14.3 Å². The van der Waals surface area contributed by atoms with Crippen LogP contribution in [-0.4, -0.2) is 26.8 Å².